The van der Waals surface area contributed by atoms with Crippen LogP contribution in [0.25, 0.3) is 0 Å². The fourth-order valence-corrected chi connectivity index (χ4v) is 0.854. The quantitative estimate of drug-likeness (QED) is 0.625. The molecule has 1 heteroatoms. The summed E-state index contributed by atoms with van der Waals surface area (Å²) in [5.41, 5.74) is 0. The van der Waals surface area contributed by atoms with Crippen molar-refractivity contribution in [1.29, 1.82) is 0 Å². The summed E-state index contributed by atoms with van der Waals surface area (Å²) < 4.78 is 0. The molecule has 1 N–H and O–H groups in total. The highest BCUT2D eigenvalue weighted by molar-refractivity contribution is 4.39. The molecule has 0 unspecified atom stereocenters. The zero-order valence-corrected chi connectivity index (χ0v) is 9.97. The summed E-state index contributed by atoms with van der Waals surface area (Å²) in [6, 6.07) is 0. The summed E-state index contributed by atoms with van der Waals surface area (Å²) in [7, 11) is 0. The Morgan fingerprint density at radius 2 is 1.15 bits per heavy atom. The predicted molar refractivity (Wildman–Crippen MR) is 61.0 cm³/mol. The van der Waals surface area contributed by atoms with Crippen LogP contribution in [0, 0.1) is 5.92 Å². The number of unbranched alkanes of at least 4 members (excludes halogenated alkanes) is 5. The maximum Gasteiger partial charge on any atom is 0.0453 e. The molecule has 0 aromatic heterocycles. The van der Waals surface area contributed by atoms with E-state index in [2.05, 4.69) is 13.8 Å². The third-order valence-electron chi connectivity index (χ3n) is 1.82. The first-order valence-electron chi connectivity index (χ1n) is 5.79. The fourth-order valence-electron chi connectivity index (χ4n) is 0.854. The monoisotopic (exact) mass is 188 g/mol. The Morgan fingerprint density at radius 1 is 0.846 bits per heavy atom. The molecular weight excluding hydrogens is 160 g/mol. The van der Waals surface area contributed by atoms with Crippen molar-refractivity contribution in [2.45, 2.75) is 66.2 Å². The standard InChI is InChI=1S/C8H18.C4H10O/c1-3-5-7-8-6-4-2;1-4(2)3-5/h3-8H2,1-2H3;4-5H,3H2,1-2H3. The predicted octanol–water partition coefficient (Wildman–Crippen LogP) is 4.00. The van der Waals surface area contributed by atoms with Gasteiger partial charge < -0.3 is 5.11 Å². The lowest BCUT2D eigenvalue weighted by molar-refractivity contribution is 0.248. The highest BCUT2D eigenvalue weighted by atomic mass is 16.3. The molecule has 82 valence electrons. The molecule has 0 saturated heterocycles. The molecule has 0 rings (SSSR count). The highest BCUT2D eigenvalue weighted by Crippen LogP contribution is 2.03. The summed E-state index contributed by atoms with van der Waals surface area (Å²) in [6.45, 7) is 8.76. The van der Waals surface area contributed by atoms with E-state index in [0.717, 1.165) is 0 Å². The molecule has 0 spiro atoms. The first kappa shape index (κ1) is 15.4. The second kappa shape index (κ2) is 14.5. The van der Waals surface area contributed by atoms with E-state index in [9.17, 15) is 0 Å². The van der Waals surface area contributed by atoms with Gasteiger partial charge in [-0.2, -0.15) is 0 Å². The van der Waals surface area contributed by atoms with Crippen molar-refractivity contribution in [2.24, 2.45) is 5.92 Å². The van der Waals surface area contributed by atoms with Gasteiger partial charge in [0, 0.05) is 6.61 Å². The Bertz CT molecular complexity index is 63.5. The van der Waals surface area contributed by atoms with E-state index in [-0.39, 0.29) is 0 Å². The zero-order chi connectivity index (χ0) is 10.5. The van der Waals surface area contributed by atoms with E-state index in [1.165, 1.54) is 38.5 Å². The van der Waals surface area contributed by atoms with Crippen molar-refractivity contribution in [3.63, 3.8) is 0 Å². The minimum Gasteiger partial charge on any atom is -0.396 e. The second-order valence-corrected chi connectivity index (χ2v) is 3.99. The van der Waals surface area contributed by atoms with Gasteiger partial charge in [-0.1, -0.05) is 66.2 Å². The Morgan fingerprint density at radius 3 is 1.31 bits per heavy atom. The van der Waals surface area contributed by atoms with Gasteiger partial charge in [-0.05, 0) is 5.92 Å². The van der Waals surface area contributed by atoms with Crippen LogP contribution in [0.3, 0.4) is 0 Å². The van der Waals surface area contributed by atoms with Crippen LogP contribution in [0.2, 0.25) is 0 Å². The zero-order valence-electron chi connectivity index (χ0n) is 9.97. The molecule has 1 nitrogen and oxygen atoms in total. The molecule has 0 amide bonds. The highest BCUT2D eigenvalue weighted by Gasteiger charge is 1.83. The maximum atomic E-state index is 8.14. The molecule has 0 aromatic carbocycles. The van der Waals surface area contributed by atoms with Crippen LogP contribution in [-0.4, -0.2) is 11.7 Å². The number of hydrogen-bond donors (Lipinski definition) is 1. The first-order valence-corrected chi connectivity index (χ1v) is 5.79. The fraction of sp³-hybridized carbons (Fsp3) is 1.00. The average molecular weight is 188 g/mol. The summed E-state index contributed by atoms with van der Waals surface area (Å²) in [5, 5.41) is 8.14. The van der Waals surface area contributed by atoms with E-state index in [0.29, 0.717) is 12.5 Å². The molecule has 0 heterocycles. The van der Waals surface area contributed by atoms with E-state index < -0.39 is 0 Å². The molecule has 0 radical (unpaired) electrons. The van der Waals surface area contributed by atoms with Gasteiger partial charge >= 0.3 is 0 Å². The van der Waals surface area contributed by atoms with Crippen LogP contribution >= 0.6 is 0 Å². The second-order valence-electron chi connectivity index (χ2n) is 3.99. The van der Waals surface area contributed by atoms with Crippen LogP contribution < -0.4 is 0 Å². The van der Waals surface area contributed by atoms with Crippen LogP contribution in [0.4, 0.5) is 0 Å². The molecule has 0 fully saturated rings. The van der Waals surface area contributed by atoms with Crippen LogP contribution in [-0.2, 0) is 0 Å². The molecule has 0 atom stereocenters. The Labute approximate surface area is 84.6 Å². The normalized spacial score (nSPS) is 9.69. The summed E-state index contributed by atoms with van der Waals surface area (Å²) in [6.07, 6.45) is 8.49. The van der Waals surface area contributed by atoms with E-state index in [1.54, 1.807) is 0 Å². The van der Waals surface area contributed by atoms with E-state index >= 15 is 0 Å². The topological polar surface area (TPSA) is 20.2 Å². The van der Waals surface area contributed by atoms with Gasteiger partial charge in [0.2, 0.25) is 0 Å². The molecule has 0 aliphatic carbocycles. The van der Waals surface area contributed by atoms with E-state index in [1.807, 2.05) is 13.8 Å². The molecular formula is C12H28O. The lowest BCUT2D eigenvalue weighted by Gasteiger charge is -1.93. The molecule has 0 aliphatic rings. The van der Waals surface area contributed by atoms with Crippen LogP contribution in [0.1, 0.15) is 66.2 Å². The van der Waals surface area contributed by atoms with Crippen molar-refractivity contribution in [1.82, 2.24) is 0 Å². The van der Waals surface area contributed by atoms with Gasteiger partial charge in [-0.25, -0.2) is 0 Å². The molecule has 0 saturated carbocycles. The summed E-state index contributed by atoms with van der Waals surface area (Å²) >= 11 is 0. The van der Waals surface area contributed by atoms with Gasteiger partial charge in [-0.15, -0.1) is 0 Å². The van der Waals surface area contributed by atoms with Crippen LogP contribution in [0.15, 0.2) is 0 Å². The van der Waals surface area contributed by atoms with Crippen molar-refractivity contribution in [3.05, 3.63) is 0 Å². The van der Waals surface area contributed by atoms with Crippen molar-refractivity contribution < 1.29 is 5.11 Å². The van der Waals surface area contributed by atoms with E-state index in [4.69, 9.17) is 5.11 Å². The lowest BCUT2D eigenvalue weighted by Crippen LogP contribution is -1.90. The van der Waals surface area contributed by atoms with Gasteiger partial charge in [0.05, 0.1) is 0 Å². The Balaban J connectivity index is 0. The number of rotatable bonds is 6. The van der Waals surface area contributed by atoms with Crippen molar-refractivity contribution in [2.75, 3.05) is 6.61 Å². The maximum absolute atomic E-state index is 8.14. The Kier molecular flexibility index (Phi) is 17.2. The summed E-state index contributed by atoms with van der Waals surface area (Å²) in [4.78, 5) is 0. The third kappa shape index (κ3) is 24.5. The minimum atomic E-state index is 0.306. The molecule has 0 bridgehead atoms. The largest absolute Gasteiger partial charge is 0.396 e. The average Bonchev–Trinajstić information content (AvgIpc) is 2.14. The smallest absolute Gasteiger partial charge is 0.0453 e. The number of aliphatic hydroxyl groups is 1. The third-order valence-corrected chi connectivity index (χ3v) is 1.82. The van der Waals surface area contributed by atoms with Crippen molar-refractivity contribution >= 4 is 0 Å². The van der Waals surface area contributed by atoms with Gasteiger partial charge in [0.1, 0.15) is 0 Å². The van der Waals surface area contributed by atoms with Gasteiger partial charge in [0.15, 0.2) is 0 Å². The molecule has 13 heavy (non-hydrogen) atoms. The summed E-state index contributed by atoms with van der Waals surface area (Å²) in [5.74, 6) is 0.440. The molecule has 0 aliphatic heterocycles. The minimum absolute atomic E-state index is 0.306. The number of aliphatic hydroxyl groups excluding tert-OH is 1. The van der Waals surface area contributed by atoms with Crippen LogP contribution in [0.5, 0.6) is 0 Å². The SMILES string of the molecule is CC(C)CO.CCCCCCCC. The van der Waals surface area contributed by atoms with Gasteiger partial charge in [0.25, 0.3) is 0 Å². The van der Waals surface area contributed by atoms with Gasteiger partial charge in [-0.3, -0.25) is 0 Å². The first-order chi connectivity index (χ1) is 6.18. The lowest BCUT2D eigenvalue weighted by atomic mass is 10.1. The number of hydrogen-bond acceptors (Lipinski definition) is 1. The Hall–Kier alpha value is -0.0400. The van der Waals surface area contributed by atoms with Crippen molar-refractivity contribution in [3.8, 4) is 0 Å². The molecule has 0 aromatic rings.